The molecule has 0 atom stereocenters. The average molecular weight is 301 g/mol. The molecule has 2 aromatic heterocycles. The second-order valence-corrected chi connectivity index (χ2v) is 5.82. The van der Waals surface area contributed by atoms with Crippen LogP contribution in [0.4, 0.5) is 5.13 Å². The van der Waals surface area contributed by atoms with Crippen molar-refractivity contribution < 1.29 is 4.79 Å². The predicted octanol–water partition coefficient (Wildman–Crippen LogP) is 1.58. The second-order valence-electron chi connectivity index (χ2n) is 4.76. The third-order valence-corrected chi connectivity index (χ3v) is 3.97. The van der Waals surface area contributed by atoms with Crippen molar-refractivity contribution in [1.29, 1.82) is 0 Å². The minimum atomic E-state index is -0.0900. The predicted molar refractivity (Wildman–Crippen MR) is 83.3 cm³/mol. The van der Waals surface area contributed by atoms with E-state index in [0.717, 1.165) is 22.2 Å². The van der Waals surface area contributed by atoms with E-state index in [-0.39, 0.29) is 5.91 Å². The van der Waals surface area contributed by atoms with E-state index in [4.69, 9.17) is 5.73 Å². The first-order chi connectivity index (χ1) is 10.1. The molecule has 0 saturated carbocycles. The zero-order valence-corrected chi connectivity index (χ0v) is 12.4. The standard InChI is InChI=1S/C14H15N5OS/c1-19-8-9(7-17-19)4-5-16-13(20)10-2-3-11-12(6-10)21-14(15)18-11/h2-3,6-8H,4-5H2,1H3,(H2,15,18)(H,16,20). The zero-order chi connectivity index (χ0) is 14.8. The molecular formula is C14H15N5OS. The van der Waals surface area contributed by atoms with Gasteiger partial charge in [0.15, 0.2) is 5.13 Å². The molecule has 3 aromatic rings. The summed E-state index contributed by atoms with van der Waals surface area (Å²) in [5, 5.41) is 7.51. The van der Waals surface area contributed by atoms with Gasteiger partial charge in [-0.1, -0.05) is 11.3 Å². The van der Waals surface area contributed by atoms with Gasteiger partial charge in [-0.15, -0.1) is 0 Å². The molecule has 1 aromatic carbocycles. The van der Waals surface area contributed by atoms with Crippen molar-refractivity contribution in [3.8, 4) is 0 Å². The Morgan fingerprint density at radius 1 is 1.48 bits per heavy atom. The maximum atomic E-state index is 12.1. The van der Waals surface area contributed by atoms with E-state index in [0.29, 0.717) is 17.2 Å². The molecule has 0 unspecified atom stereocenters. The number of nitrogens with two attached hydrogens (primary N) is 1. The number of benzene rings is 1. The number of amides is 1. The summed E-state index contributed by atoms with van der Waals surface area (Å²) in [5.41, 5.74) is 8.21. The van der Waals surface area contributed by atoms with Crippen molar-refractivity contribution in [2.75, 3.05) is 12.3 Å². The summed E-state index contributed by atoms with van der Waals surface area (Å²) in [5.74, 6) is -0.0900. The Balaban J connectivity index is 1.63. The van der Waals surface area contributed by atoms with Gasteiger partial charge >= 0.3 is 0 Å². The Hall–Kier alpha value is -2.41. The first kappa shape index (κ1) is 13.6. The smallest absolute Gasteiger partial charge is 0.251 e. The first-order valence-corrected chi connectivity index (χ1v) is 7.35. The minimum absolute atomic E-state index is 0.0900. The highest BCUT2D eigenvalue weighted by molar-refractivity contribution is 7.22. The molecule has 3 rings (SSSR count). The number of nitrogen functional groups attached to an aromatic ring is 1. The largest absolute Gasteiger partial charge is 0.375 e. The summed E-state index contributed by atoms with van der Waals surface area (Å²) in [7, 11) is 1.87. The summed E-state index contributed by atoms with van der Waals surface area (Å²) < 4.78 is 2.67. The molecule has 0 aliphatic heterocycles. The number of fused-ring (bicyclic) bond motifs is 1. The van der Waals surface area contributed by atoms with Gasteiger partial charge in [-0.25, -0.2) is 4.98 Å². The lowest BCUT2D eigenvalue weighted by Crippen LogP contribution is -2.25. The minimum Gasteiger partial charge on any atom is -0.375 e. The highest BCUT2D eigenvalue weighted by Crippen LogP contribution is 2.24. The number of nitrogens with one attached hydrogen (secondary N) is 1. The summed E-state index contributed by atoms with van der Waals surface area (Å²) in [4.78, 5) is 16.3. The maximum Gasteiger partial charge on any atom is 0.251 e. The van der Waals surface area contributed by atoms with Gasteiger partial charge in [-0.05, 0) is 30.2 Å². The lowest BCUT2D eigenvalue weighted by atomic mass is 10.2. The Kier molecular flexibility index (Phi) is 3.57. The van der Waals surface area contributed by atoms with Crippen LogP contribution in [-0.2, 0) is 13.5 Å². The first-order valence-electron chi connectivity index (χ1n) is 6.53. The number of rotatable bonds is 4. The molecule has 0 fully saturated rings. The fourth-order valence-electron chi connectivity index (χ4n) is 2.11. The lowest BCUT2D eigenvalue weighted by Gasteiger charge is -2.04. The summed E-state index contributed by atoms with van der Waals surface area (Å²) >= 11 is 1.38. The molecule has 21 heavy (non-hydrogen) atoms. The van der Waals surface area contributed by atoms with Crippen LogP contribution >= 0.6 is 11.3 Å². The Labute approximate surface area is 125 Å². The van der Waals surface area contributed by atoms with Crippen LogP contribution in [0.3, 0.4) is 0 Å². The number of hydrogen-bond acceptors (Lipinski definition) is 5. The van der Waals surface area contributed by atoms with E-state index in [9.17, 15) is 4.79 Å². The van der Waals surface area contributed by atoms with E-state index in [1.807, 2.05) is 25.4 Å². The molecule has 6 nitrogen and oxygen atoms in total. The molecule has 0 radical (unpaired) electrons. The van der Waals surface area contributed by atoms with Crippen LogP contribution in [0, 0.1) is 0 Å². The third kappa shape index (κ3) is 3.03. The monoisotopic (exact) mass is 301 g/mol. The van der Waals surface area contributed by atoms with Gasteiger partial charge in [0.25, 0.3) is 5.91 Å². The summed E-state index contributed by atoms with van der Waals surface area (Å²) in [6.07, 6.45) is 4.51. The van der Waals surface area contributed by atoms with Crippen LogP contribution in [-0.4, -0.2) is 27.2 Å². The normalized spacial score (nSPS) is 10.9. The molecule has 0 bridgehead atoms. The van der Waals surface area contributed by atoms with Crippen LogP contribution in [0.15, 0.2) is 30.6 Å². The molecule has 108 valence electrons. The average Bonchev–Trinajstić information content (AvgIpc) is 3.02. The van der Waals surface area contributed by atoms with Crippen LogP contribution in [0.5, 0.6) is 0 Å². The van der Waals surface area contributed by atoms with Gasteiger partial charge < -0.3 is 11.1 Å². The number of hydrogen-bond donors (Lipinski definition) is 2. The number of carbonyl (C=O) groups is 1. The van der Waals surface area contributed by atoms with Crippen LogP contribution in [0.2, 0.25) is 0 Å². The number of nitrogens with zero attached hydrogens (tertiary/aromatic N) is 3. The van der Waals surface area contributed by atoms with Crippen molar-refractivity contribution >= 4 is 32.6 Å². The quantitative estimate of drug-likeness (QED) is 0.766. The molecule has 0 saturated heterocycles. The molecule has 2 heterocycles. The fourth-order valence-corrected chi connectivity index (χ4v) is 2.88. The van der Waals surface area contributed by atoms with E-state index in [1.165, 1.54) is 11.3 Å². The molecular weight excluding hydrogens is 286 g/mol. The van der Waals surface area contributed by atoms with Gasteiger partial charge in [-0.3, -0.25) is 9.48 Å². The van der Waals surface area contributed by atoms with E-state index >= 15 is 0 Å². The molecule has 0 aliphatic carbocycles. The lowest BCUT2D eigenvalue weighted by molar-refractivity contribution is 0.0954. The topological polar surface area (TPSA) is 85.8 Å². The highest BCUT2D eigenvalue weighted by atomic mass is 32.1. The van der Waals surface area contributed by atoms with E-state index < -0.39 is 0 Å². The molecule has 0 aliphatic rings. The van der Waals surface area contributed by atoms with Crippen molar-refractivity contribution in [2.45, 2.75) is 6.42 Å². The molecule has 7 heteroatoms. The van der Waals surface area contributed by atoms with Gasteiger partial charge in [0, 0.05) is 25.4 Å². The summed E-state index contributed by atoms with van der Waals surface area (Å²) in [6.45, 7) is 0.577. The van der Waals surface area contributed by atoms with Gasteiger partial charge in [0.2, 0.25) is 0 Å². The maximum absolute atomic E-state index is 12.1. The van der Waals surface area contributed by atoms with Crippen molar-refractivity contribution in [1.82, 2.24) is 20.1 Å². The summed E-state index contributed by atoms with van der Waals surface area (Å²) in [6, 6.07) is 5.40. The SMILES string of the molecule is Cn1cc(CCNC(=O)c2ccc3nc(N)sc3c2)cn1. The molecule has 3 N–H and O–H groups in total. The number of carbonyl (C=O) groups excluding carboxylic acids is 1. The Morgan fingerprint density at radius 3 is 3.10 bits per heavy atom. The Bertz CT molecular complexity index is 792. The van der Waals surface area contributed by atoms with E-state index in [2.05, 4.69) is 15.4 Å². The Morgan fingerprint density at radius 2 is 2.33 bits per heavy atom. The number of aryl methyl sites for hydroxylation is 1. The van der Waals surface area contributed by atoms with Crippen LogP contribution < -0.4 is 11.1 Å². The molecule has 1 amide bonds. The zero-order valence-electron chi connectivity index (χ0n) is 11.5. The number of anilines is 1. The van der Waals surface area contributed by atoms with E-state index in [1.54, 1.807) is 16.9 Å². The van der Waals surface area contributed by atoms with Crippen molar-refractivity contribution in [2.24, 2.45) is 7.05 Å². The third-order valence-electron chi connectivity index (χ3n) is 3.12. The van der Waals surface area contributed by atoms with Crippen LogP contribution in [0.25, 0.3) is 10.2 Å². The van der Waals surface area contributed by atoms with Gasteiger partial charge in [0.1, 0.15) is 0 Å². The molecule has 0 spiro atoms. The highest BCUT2D eigenvalue weighted by Gasteiger charge is 2.08. The van der Waals surface area contributed by atoms with Crippen LogP contribution in [0.1, 0.15) is 15.9 Å². The second kappa shape index (κ2) is 5.53. The number of thiazole rings is 1. The van der Waals surface area contributed by atoms with Gasteiger partial charge in [-0.2, -0.15) is 5.10 Å². The fraction of sp³-hybridized carbons (Fsp3) is 0.214. The number of aromatic nitrogens is 3. The van der Waals surface area contributed by atoms with Crippen molar-refractivity contribution in [3.63, 3.8) is 0 Å². The van der Waals surface area contributed by atoms with Gasteiger partial charge in [0.05, 0.1) is 16.4 Å². The van der Waals surface area contributed by atoms with Crippen molar-refractivity contribution in [3.05, 3.63) is 41.7 Å².